The van der Waals surface area contributed by atoms with Gasteiger partial charge in [0.25, 0.3) is 0 Å². The van der Waals surface area contributed by atoms with E-state index in [2.05, 4.69) is 68.8 Å². The summed E-state index contributed by atoms with van der Waals surface area (Å²) in [6, 6.07) is 10.5. The highest BCUT2D eigenvalue weighted by atomic mass is 15.2. The standard InChI is InChI=1S/C19H28N6/c1-24(2)13-5-11-20-19-21-12-10-18(23-19)22-16-6-8-17(9-7-16)25-14-3-4-15-25/h6-10,12H,3-5,11,13-15H2,1-2H3,(H2,20,21,22,23). The molecule has 0 atom stereocenters. The Morgan fingerprint density at radius 1 is 1.08 bits per heavy atom. The van der Waals surface area contributed by atoms with Crippen LogP contribution in [0.2, 0.25) is 0 Å². The van der Waals surface area contributed by atoms with Gasteiger partial charge in [-0.1, -0.05) is 0 Å². The van der Waals surface area contributed by atoms with Crippen molar-refractivity contribution < 1.29 is 0 Å². The van der Waals surface area contributed by atoms with Gasteiger partial charge in [-0.15, -0.1) is 0 Å². The molecule has 0 spiro atoms. The lowest BCUT2D eigenvalue weighted by Crippen LogP contribution is -2.17. The van der Waals surface area contributed by atoms with Crippen molar-refractivity contribution in [3.63, 3.8) is 0 Å². The number of nitrogens with one attached hydrogen (secondary N) is 2. The molecule has 0 saturated carbocycles. The van der Waals surface area contributed by atoms with Crippen molar-refractivity contribution >= 4 is 23.1 Å². The number of aromatic nitrogens is 2. The van der Waals surface area contributed by atoms with Gasteiger partial charge in [-0.05, 0) is 70.2 Å². The molecule has 1 saturated heterocycles. The van der Waals surface area contributed by atoms with Crippen LogP contribution in [0, 0.1) is 0 Å². The van der Waals surface area contributed by atoms with E-state index in [9.17, 15) is 0 Å². The molecule has 1 fully saturated rings. The molecular weight excluding hydrogens is 312 g/mol. The Hall–Kier alpha value is -2.34. The van der Waals surface area contributed by atoms with Gasteiger partial charge in [-0.2, -0.15) is 4.98 Å². The van der Waals surface area contributed by atoms with E-state index in [1.54, 1.807) is 6.20 Å². The Labute approximate surface area is 150 Å². The van der Waals surface area contributed by atoms with Crippen LogP contribution in [0.15, 0.2) is 36.5 Å². The zero-order valence-electron chi connectivity index (χ0n) is 15.2. The average Bonchev–Trinajstić information content (AvgIpc) is 3.14. The summed E-state index contributed by atoms with van der Waals surface area (Å²) < 4.78 is 0. The fourth-order valence-corrected chi connectivity index (χ4v) is 2.99. The number of hydrogen-bond acceptors (Lipinski definition) is 6. The Balaban J connectivity index is 1.54. The van der Waals surface area contributed by atoms with E-state index in [1.165, 1.54) is 31.6 Å². The van der Waals surface area contributed by atoms with Crippen molar-refractivity contribution in [2.75, 3.05) is 55.8 Å². The van der Waals surface area contributed by atoms with Crippen LogP contribution in [0.1, 0.15) is 19.3 Å². The summed E-state index contributed by atoms with van der Waals surface area (Å²) in [6.45, 7) is 4.25. The van der Waals surface area contributed by atoms with Gasteiger partial charge in [-0.3, -0.25) is 0 Å². The fourth-order valence-electron chi connectivity index (χ4n) is 2.99. The first-order valence-electron chi connectivity index (χ1n) is 9.04. The van der Waals surface area contributed by atoms with Crippen LogP contribution in [-0.2, 0) is 0 Å². The van der Waals surface area contributed by atoms with Gasteiger partial charge in [0.05, 0.1) is 0 Å². The van der Waals surface area contributed by atoms with Gasteiger partial charge in [-0.25, -0.2) is 4.98 Å². The minimum Gasteiger partial charge on any atom is -0.372 e. The van der Waals surface area contributed by atoms with Crippen molar-refractivity contribution in [3.8, 4) is 0 Å². The molecule has 1 aliphatic heterocycles. The van der Waals surface area contributed by atoms with E-state index in [1.807, 2.05) is 6.07 Å². The largest absolute Gasteiger partial charge is 0.372 e. The van der Waals surface area contributed by atoms with Gasteiger partial charge in [0.2, 0.25) is 5.95 Å². The van der Waals surface area contributed by atoms with Crippen LogP contribution >= 0.6 is 0 Å². The minimum absolute atomic E-state index is 0.664. The van der Waals surface area contributed by atoms with E-state index < -0.39 is 0 Å². The average molecular weight is 340 g/mol. The van der Waals surface area contributed by atoms with Crippen LogP contribution in [0.5, 0.6) is 0 Å². The molecule has 0 amide bonds. The smallest absolute Gasteiger partial charge is 0.224 e. The zero-order chi connectivity index (χ0) is 17.5. The third kappa shape index (κ3) is 5.32. The van der Waals surface area contributed by atoms with Crippen LogP contribution in [0.25, 0.3) is 0 Å². The predicted octanol–water partition coefficient (Wildman–Crippen LogP) is 3.18. The molecular formula is C19H28N6. The Morgan fingerprint density at radius 2 is 1.84 bits per heavy atom. The van der Waals surface area contributed by atoms with E-state index in [0.717, 1.165) is 31.0 Å². The summed E-state index contributed by atoms with van der Waals surface area (Å²) in [7, 11) is 4.16. The maximum Gasteiger partial charge on any atom is 0.224 e. The fraction of sp³-hybridized carbons (Fsp3) is 0.474. The van der Waals surface area contributed by atoms with E-state index in [-0.39, 0.29) is 0 Å². The summed E-state index contributed by atoms with van der Waals surface area (Å²) in [5.74, 6) is 1.47. The summed E-state index contributed by atoms with van der Waals surface area (Å²) in [5, 5.41) is 6.63. The molecule has 0 bridgehead atoms. The predicted molar refractivity (Wildman–Crippen MR) is 105 cm³/mol. The van der Waals surface area contributed by atoms with Gasteiger partial charge in [0.15, 0.2) is 0 Å². The summed E-state index contributed by atoms with van der Waals surface area (Å²) in [4.78, 5) is 13.4. The number of nitrogens with zero attached hydrogens (tertiary/aromatic N) is 4. The quantitative estimate of drug-likeness (QED) is 0.720. The van der Waals surface area contributed by atoms with Gasteiger partial charge < -0.3 is 20.4 Å². The highest BCUT2D eigenvalue weighted by Crippen LogP contribution is 2.23. The Bertz CT molecular complexity index is 649. The topological polar surface area (TPSA) is 56.3 Å². The molecule has 1 aromatic heterocycles. The lowest BCUT2D eigenvalue weighted by molar-refractivity contribution is 0.405. The maximum atomic E-state index is 4.53. The van der Waals surface area contributed by atoms with E-state index >= 15 is 0 Å². The molecule has 0 radical (unpaired) electrons. The van der Waals surface area contributed by atoms with Crippen LogP contribution in [0.3, 0.4) is 0 Å². The Morgan fingerprint density at radius 3 is 2.56 bits per heavy atom. The van der Waals surface area contributed by atoms with Crippen molar-refractivity contribution in [1.29, 1.82) is 0 Å². The normalized spacial score (nSPS) is 14.1. The second kappa shape index (κ2) is 8.67. The summed E-state index contributed by atoms with van der Waals surface area (Å²) >= 11 is 0. The molecule has 3 rings (SSSR count). The van der Waals surface area contributed by atoms with Gasteiger partial charge in [0, 0.05) is 37.2 Å². The number of benzene rings is 1. The third-order valence-corrected chi connectivity index (χ3v) is 4.33. The molecule has 6 nitrogen and oxygen atoms in total. The first-order chi connectivity index (χ1) is 12.2. The lowest BCUT2D eigenvalue weighted by Gasteiger charge is -2.18. The van der Waals surface area contributed by atoms with Crippen LogP contribution < -0.4 is 15.5 Å². The molecule has 0 unspecified atom stereocenters. The maximum absolute atomic E-state index is 4.53. The molecule has 1 aliphatic rings. The van der Waals surface area contributed by atoms with Crippen LogP contribution in [0.4, 0.5) is 23.1 Å². The number of hydrogen-bond donors (Lipinski definition) is 2. The number of rotatable bonds is 8. The second-order valence-corrected chi connectivity index (χ2v) is 6.72. The number of anilines is 4. The van der Waals surface area contributed by atoms with Gasteiger partial charge in [0.1, 0.15) is 5.82 Å². The molecule has 2 heterocycles. The molecule has 1 aromatic carbocycles. The van der Waals surface area contributed by atoms with E-state index in [4.69, 9.17) is 0 Å². The van der Waals surface area contributed by atoms with Crippen molar-refractivity contribution in [2.24, 2.45) is 0 Å². The summed E-state index contributed by atoms with van der Waals surface area (Å²) in [6.07, 6.45) is 5.44. The van der Waals surface area contributed by atoms with Crippen molar-refractivity contribution in [1.82, 2.24) is 14.9 Å². The monoisotopic (exact) mass is 340 g/mol. The molecule has 6 heteroatoms. The third-order valence-electron chi connectivity index (χ3n) is 4.33. The van der Waals surface area contributed by atoms with Crippen LogP contribution in [-0.4, -0.2) is 55.1 Å². The minimum atomic E-state index is 0.664. The van der Waals surface area contributed by atoms with Crippen molar-refractivity contribution in [2.45, 2.75) is 19.3 Å². The summed E-state index contributed by atoms with van der Waals surface area (Å²) in [5.41, 5.74) is 2.34. The molecule has 134 valence electrons. The van der Waals surface area contributed by atoms with Crippen molar-refractivity contribution in [3.05, 3.63) is 36.5 Å². The first kappa shape index (κ1) is 17.5. The molecule has 2 aromatic rings. The zero-order valence-corrected chi connectivity index (χ0v) is 15.2. The molecule has 0 aliphatic carbocycles. The lowest BCUT2D eigenvalue weighted by atomic mass is 10.2. The van der Waals surface area contributed by atoms with Gasteiger partial charge >= 0.3 is 0 Å². The highest BCUT2D eigenvalue weighted by Gasteiger charge is 2.11. The molecule has 25 heavy (non-hydrogen) atoms. The molecule has 2 N–H and O–H groups in total. The first-order valence-corrected chi connectivity index (χ1v) is 9.04. The second-order valence-electron chi connectivity index (χ2n) is 6.72. The van der Waals surface area contributed by atoms with E-state index in [0.29, 0.717) is 5.95 Å². The highest BCUT2D eigenvalue weighted by molar-refractivity contribution is 5.61. The SMILES string of the molecule is CN(C)CCCNc1nccc(Nc2ccc(N3CCCC3)cc2)n1. The Kier molecular flexibility index (Phi) is 6.06.